The maximum Gasteiger partial charge on any atom is 0.405 e. The molecule has 0 radical (unpaired) electrons. The number of nitrogens with one attached hydrogen (secondary N) is 2. The van der Waals surface area contributed by atoms with Crippen LogP contribution in [0.3, 0.4) is 0 Å². The second kappa shape index (κ2) is 8.24. The quantitative estimate of drug-likeness (QED) is 0.567. The fraction of sp³-hybridized carbons (Fsp3) is 0.263. The predicted molar refractivity (Wildman–Crippen MR) is 99.8 cm³/mol. The van der Waals surface area contributed by atoms with Gasteiger partial charge in [0.15, 0.2) is 0 Å². The predicted octanol–water partition coefficient (Wildman–Crippen LogP) is 2.88. The molecule has 0 saturated carbocycles. The number of hydrogen-bond acceptors (Lipinski definition) is 4. The summed E-state index contributed by atoms with van der Waals surface area (Å²) < 4.78 is 0. The molecule has 2 amide bonds. The van der Waals surface area contributed by atoms with E-state index in [0.29, 0.717) is 0 Å². The van der Waals surface area contributed by atoms with Crippen LogP contribution in [-0.4, -0.2) is 34.3 Å². The van der Waals surface area contributed by atoms with E-state index < -0.39 is 23.5 Å². The third kappa shape index (κ3) is 5.41. The van der Waals surface area contributed by atoms with Gasteiger partial charge >= 0.3 is 6.09 Å². The minimum atomic E-state index is -1.26. The number of carbonyl (C=O) groups is 2. The number of hydrogen-bond donors (Lipinski definition) is 3. The first-order chi connectivity index (χ1) is 12.3. The lowest BCUT2D eigenvalue weighted by molar-refractivity contribution is -0.125. The SMILES string of the molecule is CC(C)(C)[C@H](NC(=O)O)C(=O)NN=Cc1ccc(-c2ccccn2)cc1. The van der Waals surface area contributed by atoms with Crippen molar-refractivity contribution in [3.05, 3.63) is 54.2 Å². The molecule has 3 N–H and O–H groups in total. The van der Waals surface area contributed by atoms with E-state index in [0.717, 1.165) is 16.8 Å². The molecule has 0 aliphatic heterocycles. The van der Waals surface area contributed by atoms with Gasteiger partial charge in [-0.1, -0.05) is 51.1 Å². The molecule has 1 aromatic carbocycles. The second-order valence-electron chi connectivity index (χ2n) is 6.82. The first-order valence-corrected chi connectivity index (χ1v) is 8.11. The Morgan fingerprint density at radius 3 is 2.38 bits per heavy atom. The number of carbonyl (C=O) groups excluding carboxylic acids is 1. The van der Waals surface area contributed by atoms with E-state index in [4.69, 9.17) is 5.11 Å². The Hall–Kier alpha value is -3.22. The zero-order valence-electron chi connectivity index (χ0n) is 14.9. The highest BCUT2D eigenvalue weighted by Crippen LogP contribution is 2.19. The summed E-state index contributed by atoms with van der Waals surface area (Å²) in [6.45, 7) is 5.31. The summed E-state index contributed by atoms with van der Waals surface area (Å²) in [6.07, 6.45) is 1.98. The fourth-order valence-corrected chi connectivity index (χ4v) is 2.31. The standard InChI is InChI=1S/C19H22N4O3/c1-19(2,3)16(22-18(25)26)17(24)23-21-12-13-7-9-14(10-8-13)15-6-4-5-11-20-15/h4-12,16,22H,1-3H3,(H,23,24)(H,25,26)/t16-/m1/s1. The van der Waals surface area contributed by atoms with Crippen molar-refractivity contribution >= 4 is 18.2 Å². The Morgan fingerprint density at radius 2 is 1.85 bits per heavy atom. The molecule has 2 aromatic rings. The molecular formula is C19H22N4O3. The Balaban J connectivity index is 2.01. The molecule has 0 spiro atoms. The lowest BCUT2D eigenvalue weighted by atomic mass is 9.86. The number of carboxylic acid groups (broad SMARTS) is 1. The molecule has 136 valence electrons. The molecule has 7 heteroatoms. The summed E-state index contributed by atoms with van der Waals surface area (Å²) in [5.74, 6) is -0.513. The number of pyridine rings is 1. The summed E-state index contributed by atoms with van der Waals surface area (Å²) in [5.41, 5.74) is 4.44. The smallest absolute Gasteiger partial charge is 0.405 e. The van der Waals surface area contributed by atoms with Gasteiger partial charge in [-0.3, -0.25) is 9.78 Å². The highest BCUT2D eigenvalue weighted by Gasteiger charge is 2.32. The van der Waals surface area contributed by atoms with Crippen LogP contribution in [0.4, 0.5) is 4.79 Å². The average Bonchev–Trinajstić information content (AvgIpc) is 2.60. The maximum atomic E-state index is 12.2. The van der Waals surface area contributed by atoms with Gasteiger partial charge in [0.05, 0.1) is 11.9 Å². The first-order valence-electron chi connectivity index (χ1n) is 8.11. The molecule has 1 atom stereocenters. The summed E-state index contributed by atoms with van der Waals surface area (Å²) in [4.78, 5) is 27.4. The molecule has 0 aliphatic carbocycles. The third-order valence-electron chi connectivity index (χ3n) is 3.66. The van der Waals surface area contributed by atoms with Crippen LogP contribution in [0.5, 0.6) is 0 Å². The van der Waals surface area contributed by atoms with Crippen molar-refractivity contribution in [1.82, 2.24) is 15.7 Å². The number of aromatic nitrogens is 1. The Bertz CT molecular complexity index is 781. The molecule has 0 aliphatic rings. The monoisotopic (exact) mass is 354 g/mol. The van der Waals surface area contributed by atoms with E-state index in [-0.39, 0.29) is 0 Å². The number of nitrogens with zero attached hydrogens (tertiary/aromatic N) is 2. The van der Waals surface area contributed by atoms with E-state index >= 15 is 0 Å². The number of benzene rings is 1. The lowest BCUT2D eigenvalue weighted by Gasteiger charge is -2.28. The first kappa shape index (κ1) is 19.1. The molecule has 2 rings (SSSR count). The van der Waals surface area contributed by atoms with Crippen LogP contribution in [0.2, 0.25) is 0 Å². The highest BCUT2D eigenvalue weighted by atomic mass is 16.4. The van der Waals surface area contributed by atoms with Crippen molar-refractivity contribution in [2.45, 2.75) is 26.8 Å². The molecule has 1 aromatic heterocycles. The molecule has 0 bridgehead atoms. The lowest BCUT2D eigenvalue weighted by Crippen LogP contribution is -2.52. The highest BCUT2D eigenvalue weighted by molar-refractivity contribution is 5.87. The van der Waals surface area contributed by atoms with Crippen molar-refractivity contribution in [2.24, 2.45) is 10.5 Å². The Kier molecular flexibility index (Phi) is 6.06. The third-order valence-corrected chi connectivity index (χ3v) is 3.66. The average molecular weight is 354 g/mol. The zero-order valence-corrected chi connectivity index (χ0v) is 14.9. The Morgan fingerprint density at radius 1 is 1.15 bits per heavy atom. The van der Waals surface area contributed by atoms with Gasteiger partial charge in [-0.2, -0.15) is 5.10 Å². The van der Waals surface area contributed by atoms with Gasteiger partial charge in [-0.25, -0.2) is 10.2 Å². The van der Waals surface area contributed by atoms with Gasteiger partial charge < -0.3 is 10.4 Å². The second-order valence-corrected chi connectivity index (χ2v) is 6.82. The van der Waals surface area contributed by atoms with Crippen molar-refractivity contribution in [3.8, 4) is 11.3 Å². The summed E-state index contributed by atoms with van der Waals surface area (Å²) in [5, 5.41) is 15.0. The van der Waals surface area contributed by atoms with Gasteiger partial charge in [-0.15, -0.1) is 0 Å². The summed E-state index contributed by atoms with van der Waals surface area (Å²) in [6, 6.07) is 12.3. The minimum absolute atomic E-state index is 0.513. The number of rotatable bonds is 5. The van der Waals surface area contributed by atoms with Crippen LogP contribution in [0.25, 0.3) is 11.3 Å². The van der Waals surface area contributed by atoms with Gasteiger partial charge in [0.25, 0.3) is 5.91 Å². The van der Waals surface area contributed by atoms with E-state index in [1.807, 2.05) is 42.5 Å². The normalized spacial score (nSPS) is 12.6. The largest absolute Gasteiger partial charge is 0.465 e. The van der Waals surface area contributed by atoms with E-state index in [1.165, 1.54) is 6.21 Å². The van der Waals surface area contributed by atoms with E-state index in [9.17, 15) is 9.59 Å². The molecule has 7 nitrogen and oxygen atoms in total. The summed E-state index contributed by atoms with van der Waals surface area (Å²) in [7, 11) is 0. The molecule has 0 fully saturated rings. The zero-order chi connectivity index (χ0) is 19.2. The van der Waals surface area contributed by atoms with Crippen molar-refractivity contribution in [3.63, 3.8) is 0 Å². The van der Waals surface area contributed by atoms with E-state index in [1.54, 1.807) is 27.0 Å². The van der Waals surface area contributed by atoms with Gasteiger partial charge in [0.1, 0.15) is 6.04 Å². The number of amides is 2. The van der Waals surface area contributed by atoms with Crippen LogP contribution in [0.1, 0.15) is 26.3 Å². The van der Waals surface area contributed by atoms with Crippen LogP contribution in [0.15, 0.2) is 53.8 Å². The van der Waals surface area contributed by atoms with Crippen LogP contribution >= 0.6 is 0 Å². The minimum Gasteiger partial charge on any atom is -0.465 e. The molecular weight excluding hydrogens is 332 g/mol. The van der Waals surface area contributed by atoms with Gasteiger partial charge in [-0.05, 0) is 23.1 Å². The van der Waals surface area contributed by atoms with E-state index in [2.05, 4.69) is 20.8 Å². The fourth-order valence-electron chi connectivity index (χ4n) is 2.31. The number of hydrazone groups is 1. The topological polar surface area (TPSA) is 104 Å². The molecule has 0 unspecified atom stereocenters. The van der Waals surface area contributed by atoms with Gasteiger partial charge in [0, 0.05) is 11.8 Å². The maximum absolute atomic E-state index is 12.2. The van der Waals surface area contributed by atoms with Crippen molar-refractivity contribution in [1.29, 1.82) is 0 Å². The van der Waals surface area contributed by atoms with Crippen LogP contribution in [0, 0.1) is 5.41 Å². The van der Waals surface area contributed by atoms with Crippen molar-refractivity contribution in [2.75, 3.05) is 0 Å². The van der Waals surface area contributed by atoms with Crippen molar-refractivity contribution < 1.29 is 14.7 Å². The molecule has 1 heterocycles. The summed E-state index contributed by atoms with van der Waals surface area (Å²) >= 11 is 0. The van der Waals surface area contributed by atoms with Gasteiger partial charge in [0.2, 0.25) is 0 Å². The Labute approximate surface area is 152 Å². The van der Waals surface area contributed by atoms with Crippen LogP contribution < -0.4 is 10.7 Å². The molecule has 26 heavy (non-hydrogen) atoms. The van der Waals surface area contributed by atoms with Crippen LogP contribution in [-0.2, 0) is 4.79 Å². The molecule has 0 saturated heterocycles.